The molecule has 96 valence electrons. The maximum atomic E-state index is 11.1. The molecule has 0 saturated carbocycles. The molecule has 0 bridgehead atoms. The average molecular weight is 230 g/mol. The largest absolute Gasteiger partial charge is 0.465 e. The van der Waals surface area contributed by atoms with Gasteiger partial charge in [0, 0.05) is 6.42 Å². The van der Waals surface area contributed by atoms with Crippen molar-refractivity contribution in [1.82, 2.24) is 0 Å². The predicted molar refractivity (Wildman–Crippen MR) is 65.2 cm³/mol. The number of unbranched alkanes of at least 4 members (excludes halogenated alkanes) is 3. The Morgan fingerprint density at radius 3 is 2.44 bits per heavy atom. The molecular formula is C13H26O3. The van der Waals surface area contributed by atoms with Crippen LogP contribution in [-0.2, 0) is 9.53 Å². The number of ether oxygens (including phenoxy) is 1. The van der Waals surface area contributed by atoms with E-state index < -0.39 is 0 Å². The van der Waals surface area contributed by atoms with Gasteiger partial charge >= 0.3 is 5.97 Å². The lowest BCUT2D eigenvalue weighted by Gasteiger charge is -2.11. The summed E-state index contributed by atoms with van der Waals surface area (Å²) >= 11 is 0. The van der Waals surface area contributed by atoms with E-state index in [9.17, 15) is 9.90 Å². The molecule has 0 aliphatic carbocycles. The summed E-state index contributed by atoms with van der Waals surface area (Å²) in [6, 6.07) is 0. The van der Waals surface area contributed by atoms with E-state index >= 15 is 0 Å². The number of aliphatic hydroxyl groups excluding tert-OH is 1. The van der Waals surface area contributed by atoms with Crippen molar-refractivity contribution in [2.45, 2.75) is 65.4 Å². The Bertz CT molecular complexity index is 178. The van der Waals surface area contributed by atoms with Gasteiger partial charge in [-0.05, 0) is 6.42 Å². The van der Waals surface area contributed by atoms with Gasteiger partial charge < -0.3 is 9.84 Å². The highest BCUT2D eigenvalue weighted by Gasteiger charge is 2.09. The Balaban J connectivity index is 3.36. The number of carbonyl (C=O) groups excluding carboxylic acids is 1. The molecule has 0 aromatic carbocycles. The van der Waals surface area contributed by atoms with Gasteiger partial charge in [-0.1, -0.05) is 46.5 Å². The highest BCUT2D eigenvalue weighted by molar-refractivity contribution is 5.71. The highest BCUT2D eigenvalue weighted by atomic mass is 16.5. The summed E-state index contributed by atoms with van der Waals surface area (Å²) in [7, 11) is 0. The molecule has 16 heavy (non-hydrogen) atoms. The molecule has 3 heteroatoms. The fourth-order valence-electron chi connectivity index (χ4n) is 1.41. The maximum absolute atomic E-state index is 11.1. The third-order valence-corrected chi connectivity index (χ3v) is 2.56. The van der Waals surface area contributed by atoms with Crippen molar-refractivity contribution in [2.24, 2.45) is 5.92 Å². The number of hydrogen-bond acceptors (Lipinski definition) is 3. The minimum absolute atomic E-state index is 0.0818. The third-order valence-electron chi connectivity index (χ3n) is 2.56. The minimum atomic E-state index is -0.322. The van der Waals surface area contributed by atoms with Gasteiger partial charge in [0.05, 0.1) is 18.6 Å². The Morgan fingerprint density at radius 1 is 1.19 bits per heavy atom. The summed E-state index contributed by atoms with van der Waals surface area (Å²) in [4.78, 5) is 11.1. The molecule has 0 saturated heterocycles. The second kappa shape index (κ2) is 9.64. The van der Waals surface area contributed by atoms with Crippen LogP contribution in [0.1, 0.15) is 59.3 Å². The normalized spacial score (nSPS) is 12.8. The first kappa shape index (κ1) is 15.4. The summed E-state index contributed by atoms with van der Waals surface area (Å²) in [5.74, 6) is -0.264. The van der Waals surface area contributed by atoms with E-state index in [-0.39, 0.29) is 18.0 Å². The molecular weight excluding hydrogens is 204 g/mol. The Labute approximate surface area is 99.2 Å². The van der Waals surface area contributed by atoms with Crippen molar-refractivity contribution >= 4 is 5.97 Å². The molecule has 0 rings (SSSR count). The van der Waals surface area contributed by atoms with Crippen molar-refractivity contribution in [2.75, 3.05) is 6.61 Å². The van der Waals surface area contributed by atoms with Crippen molar-refractivity contribution in [1.29, 1.82) is 0 Å². The van der Waals surface area contributed by atoms with Crippen LogP contribution in [0.15, 0.2) is 0 Å². The molecule has 0 aromatic heterocycles. The first-order chi connectivity index (χ1) is 7.57. The molecule has 0 radical (unpaired) electrons. The monoisotopic (exact) mass is 230 g/mol. The summed E-state index contributed by atoms with van der Waals surface area (Å²) in [6.07, 6.45) is 5.74. The lowest BCUT2D eigenvalue weighted by Crippen LogP contribution is -2.16. The van der Waals surface area contributed by atoms with Gasteiger partial charge in [0.15, 0.2) is 0 Å². The Kier molecular flexibility index (Phi) is 9.30. The Morgan fingerprint density at radius 2 is 1.88 bits per heavy atom. The van der Waals surface area contributed by atoms with Crippen LogP contribution in [0, 0.1) is 5.92 Å². The SMILES string of the molecule is CCCCCCC(O)CCOC(=O)C(C)C. The first-order valence-corrected chi connectivity index (χ1v) is 6.42. The quantitative estimate of drug-likeness (QED) is 0.489. The van der Waals surface area contributed by atoms with E-state index in [0.29, 0.717) is 13.0 Å². The molecule has 0 amide bonds. The number of aliphatic hydroxyl groups is 1. The van der Waals surface area contributed by atoms with Crippen LogP contribution >= 0.6 is 0 Å². The molecule has 0 heterocycles. The van der Waals surface area contributed by atoms with Gasteiger partial charge in [-0.3, -0.25) is 4.79 Å². The second-order valence-corrected chi connectivity index (χ2v) is 4.61. The minimum Gasteiger partial charge on any atom is -0.465 e. The van der Waals surface area contributed by atoms with Crippen LogP contribution in [0.4, 0.5) is 0 Å². The van der Waals surface area contributed by atoms with Crippen LogP contribution in [0.2, 0.25) is 0 Å². The van der Waals surface area contributed by atoms with Crippen LogP contribution < -0.4 is 0 Å². The summed E-state index contributed by atoms with van der Waals surface area (Å²) in [5, 5.41) is 9.61. The van der Waals surface area contributed by atoms with Crippen LogP contribution in [-0.4, -0.2) is 23.8 Å². The molecule has 3 nitrogen and oxygen atoms in total. The van der Waals surface area contributed by atoms with Crippen molar-refractivity contribution in [3.05, 3.63) is 0 Å². The van der Waals surface area contributed by atoms with Gasteiger partial charge in [0.25, 0.3) is 0 Å². The lowest BCUT2D eigenvalue weighted by atomic mass is 10.1. The topological polar surface area (TPSA) is 46.5 Å². The van der Waals surface area contributed by atoms with E-state index in [1.807, 2.05) is 13.8 Å². The molecule has 0 fully saturated rings. The van der Waals surface area contributed by atoms with Gasteiger partial charge in [-0.15, -0.1) is 0 Å². The third kappa shape index (κ3) is 8.72. The van der Waals surface area contributed by atoms with E-state index in [1.165, 1.54) is 19.3 Å². The van der Waals surface area contributed by atoms with Crippen LogP contribution in [0.25, 0.3) is 0 Å². The molecule has 0 aliphatic heterocycles. The van der Waals surface area contributed by atoms with Crippen molar-refractivity contribution in [3.63, 3.8) is 0 Å². The summed E-state index contributed by atoms with van der Waals surface area (Å²) in [5.41, 5.74) is 0. The number of hydrogen-bond donors (Lipinski definition) is 1. The highest BCUT2D eigenvalue weighted by Crippen LogP contribution is 2.08. The van der Waals surface area contributed by atoms with Crippen LogP contribution in [0.5, 0.6) is 0 Å². The maximum Gasteiger partial charge on any atom is 0.308 e. The van der Waals surface area contributed by atoms with Crippen molar-refractivity contribution in [3.8, 4) is 0 Å². The summed E-state index contributed by atoms with van der Waals surface area (Å²) < 4.78 is 5.00. The predicted octanol–water partition coefficient (Wildman–Crippen LogP) is 2.91. The van der Waals surface area contributed by atoms with E-state index in [4.69, 9.17) is 4.74 Å². The zero-order valence-corrected chi connectivity index (χ0v) is 10.9. The molecule has 0 aliphatic rings. The standard InChI is InChI=1S/C13H26O3/c1-4-5-6-7-8-12(14)9-10-16-13(15)11(2)3/h11-12,14H,4-10H2,1-3H3. The molecule has 1 atom stereocenters. The van der Waals surface area contributed by atoms with E-state index in [2.05, 4.69) is 6.92 Å². The number of rotatable bonds is 9. The molecule has 1 unspecified atom stereocenters. The van der Waals surface area contributed by atoms with E-state index in [1.54, 1.807) is 0 Å². The fourth-order valence-corrected chi connectivity index (χ4v) is 1.41. The van der Waals surface area contributed by atoms with Gasteiger partial charge in [-0.2, -0.15) is 0 Å². The smallest absolute Gasteiger partial charge is 0.308 e. The van der Waals surface area contributed by atoms with Crippen LogP contribution in [0.3, 0.4) is 0 Å². The Hall–Kier alpha value is -0.570. The van der Waals surface area contributed by atoms with E-state index in [0.717, 1.165) is 12.8 Å². The molecule has 1 N–H and O–H groups in total. The molecule has 0 aromatic rings. The van der Waals surface area contributed by atoms with Gasteiger partial charge in [0.2, 0.25) is 0 Å². The number of esters is 1. The number of carbonyl (C=O) groups is 1. The molecule has 0 spiro atoms. The summed E-state index contributed by atoms with van der Waals surface area (Å²) in [6.45, 7) is 6.13. The van der Waals surface area contributed by atoms with Gasteiger partial charge in [-0.25, -0.2) is 0 Å². The average Bonchev–Trinajstić information content (AvgIpc) is 2.24. The lowest BCUT2D eigenvalue weighted by molar-refractivity contribution is -0.147. The van der Waals surface area contributed by atoms with Crippen molar-refractivity contribution < 1.29 is 14.6 Å². The zero-order valence-electron chi connectivity index (χ0n) is 10.9. The fraction of sp³-hybridized carbons (Fsp3) is 0.923. The second-order valence-electron chi connectivity index (χ2n) is 4.61. The van der Waals surface area contributed by atoms with Gasteiger partial charge in [0.1, 0.15) is 0 Å². The first-order valence-electron chi connectivity index (χ1n) is 6.42. The zero-order chi connectivity index (χ0) is 12.4.